The molecule has 0 saturated carbocycles. The van der Waals surface area contributed by atoms with E-state index >= 15 is 0 Å². The number of hydrogen-bond donors (Lipinski definition) is 0. The lowest BCUT2D eigenvalue weighted by Crippen LogP contribution is -2.56. The molecule has 3 heterocycles. The summed E-state index contributed by atoms with van der Waals surface area (Å²) in [6.07, 6.45) is 8.52. The summed E-state index contributed by atoms with van der Waals surface area (Å²) in [5.41, 5.74) is 0. The van der Waals surface area contributed by atoms with Gasteiger partial charge >= 0.3 is 0 Å². The third kappa shape index (κ3) is 2.73. The summed E-state index contributed by atoms with van der Waals surface area (Å²) in [5.74, 6) is 0. The molecule has 0 N–H and O–H groups in total. The van der Waals surface area contributed by atoms with E-state index in [1.54, 1.807) is 0 Å². The van der Waals surface area contributed by atoms with E-state index in [0.29, 0.717) is 6.10 Å². The highest BCUT2D eigenvalue weighted by atomic mass is 16.5. The van der Waals surface area contributed by atoms with Gasteiger partial charge in [0, 0.05) is 38.3 Å². The van der Waals surface area contributed by atoms with Gasteiger partial charge in [0.2, 0.25) is 0 Å². The Morgan fingerprint density at radius 2 is 2.11 bits per heavy atom. The molecule has 3 fully saturated rings. The molecule has 3 saturated heterocycles. The van der Waals surface area contributed by atoms with Crippen molar-refractivity contribution in [3.63, 3.8) is 0 Å². The summed E-state index contributed by atoms with van der Waals surface area (Å²) < 4.78 is 5.76. The van der Waals surface area contributed by atoms with E-state index < -0.39 is 0 Å². The van der Waals surface area contributed by atoms with Crippen LogP contribution in [-0.2, 0) is 4.74 Å². The Morgan fingerprint density at radius 1 is 1.17 bits per heavy atom. The number of fused-ring (bicyclic) bond motifs is 1. The molecule has 3 aliphatic heterocycles. The van der Waals surface area contributed by atoms with Gasteiger partial charge in [0.15, 0.2) is 0 Å². The molecule has 3 nitrogen and oxygen atoms in total. The predicted molar refractivity (Wildman–Crippen MR) is 73.8 cm³/mol. The van der Waals surface area contributed by atoms with Crippen LogP contribution in [-0.4, -0.2) is 60.8 Å². The first kappa shape index (κ1) is 12.9. The molecular weight excluding hydrogens is 224 g/mol. The molecule has 0 aliphatic carbocycles. The van der Waals surface area contributed by atoms with Gasteiger partial charge in [-0.25, -0.2) is 0 Å². The first-order valence-corrected chi connectivity index (χ1v) is 7.96. The molecule has 0 aromatic carbocycles. The topological polar surface area (TPSA) is 15.7 Å². The monoisotopic (exact) mass is 252 g/mol. The minimum absolute atomic E-state index is 0.559. The predicted octanol–water partition coefficient (Wildman–Crippen LogP) is 2.11. The van der Waals surface area contributed by atoms with Gasteiger partial charge in [-0.05, 0) is 45.1 Å². The maximum atomic E-state index is 5.76. The van der Waals surface area contributed by atoms with Crippen molar-refractivity contribution in [3.8, 4) is 0 Å². The first-order valence-electron chi connectivity index (χ1n) is 7.96. The average molecular weight is 252 g/mol. The van der Waals surface area contributed by atoms with Crippen molar-refractivity contribution in [2.75, 3.05) is 32.8 Å². The summed E-state index contributed by atoms with van der Waals surface area (Å²) in [7, 11) is 0. The molecule has 0 amide bonds. The summed E-state index contributed by atoms with van der Waals surface area (Å²) >= 11 is 0. The van der Waals surface area contributed by atoms with Crippen LogP contribution in [0.4, 0.5) is 0 Å². The second-order valence-corrected chi connectivity index (χ2v) is 6.27. The van der Waals surface area contributed by atoms with Crippen LogP contribution in [0.2, 0.25) is 0 Å². The standard InChI is InChI=1S/C15H28N2O/c1-2-13-11-16-8-3-5-14(16)12-17(13)9-7-15-6-4-10-18-15/h13-15H,2-12H2,1H3. The van der Waals surface area contributed by atoms with Crippen LogP contribution in [0.5, 0.6) is 0 Å². The Labute approximate surface area is 111 Å². The lowest BCUT2D eigenvalue weighted by Gasteiger charge is -2.43. The van der Waals surface area contributed by atoms with E-state index in [9.17, 15) is 0 Å². The maximum absolute atomic E-state index is 5.76. The lowest BCUT2D eigenvalue weighted by atomic mass is 10.0. The van der Waals surface area contributed by atoms with Crippen LogP contribution in [0.1, 0.15) is 45.4 Å². The maximum Gasteiger partial charge on any atom is 0.0588 e. The minimum Gasteiger partial charge on any atom is -0.378 e. The molecule has 0 radical (unpaired) electrons. The smallest absolute Gasteiger partial charge is 0.0588 e. The second kappa shape index (κ2) is 5.89. The Bertz CT molecular complexity index is 265. The third-order valence-electron chi connectivity index (χ3n) is 5.14. The average Bonchev–Trinajstić information content (AvgIpc) is 3.05. The number of ether oxygens (including phenoxy) is 1. The summed E-state index contributed by atoms with van der Waals surface area (Å²) in [4.78, 5) is 5.49. The van der Waals surface area contributed by atoms with Crippen LogP contribution >= 0.6 is 0 Å². The van der Waals surface area contributed by atoms with Crippen molar-refractivity contribution < 1.29 is 4.74 Å². The van der Waals surface area contributed by atoms with Gasteiger partial charge in [0.05, 0.1) is 6.10 Å². The normalized spacial score (nSPS) is 38.2. The molecule has 3 unspecified atom stereocenters. The molecule has 3 aliphatic rings. The Balaban J connectivity index is 1.52. The molecule has 3 rings (SSSR count). The van der Waals surface area contributed by atoms with E-state index in [1.807, 2.05) is 0 Å². The fourth-order valence-corrected chi connectivity index (χ4v) is 3.99. The molecular formula is C15H28N2O. The van der Waals surface area contributed by atoms with Crippen LogP contribution in [0.3, 0.4) is 0 Å². The van der Waals surface area contributed by atoms with E-state index in [4.69, 9.17) is 4.74 Å². The van der Waals surface area contributed by atoms with E-state index in [1.165, 1.54) is 64.7 Å². The van der Waals surface area contributed by atoms with Gasteiger partial charge in [0.25, 0.3) is 0 Å². The molecule has 3 atom stereocenters. The van der Waals surface area contributed by atoms with Crippen molar-refractivity contribution in [2.45, 2.75) is 63.6 Å². The quantitative estimate of drug-likeness (QED) is 0.762. The van der Waals surface area contributed by atoms with Gasteiger partial charge in [-0.2, -0.15) is 0 Å². The van der Waals surface area contributed by atoms with Crippen molar-refractivity contribution in [2.24, 2.45) is 0 Å². The zero-order chi connectivity index (χ0) is 12.4. The second-order valence-electron chi connectivity index (χ2n) is 6.27. The molecule has 104 valence electrons. The Hall–Kier alpha value is -0.120. The molecule has 0 bridgehead atoms. The number of hydrogen-bond acceptors (Lipinski definition) is 3. The van der Waals surface area contributed by atoms with Crippen LogP contribution < -0.4 is 0 Å². The summed E-state index contributed by atoms with van der Waals surface area (Å²) in [6, 6.07) is 1.65. The van der Waals surface area contributed by atoms with Gasteiger partial charge in [-0.15, -0.1) is 0 Å². The Kier molecular flexibility index (Phi) is 4.22. The zero-order valence-electron chi connectivity index (χ0n) is 11.8. The van der Waals surface area contributed by atoms with Crippen molar-refractivity contribution >= 4 is 0 Å². The largest absolute Gasteiger partial charge is 0.378 e. The number of rotatable bonds is 4. The highest BCUT2D eigenvalue weighted by Crippen LogP contribution is 2.26. The molecule has 18 heavy (non-hydrogen) atoms. The fourth-order valence-electron chi connectivity index (χ4n) is 3.99. The Morgan fingerprint density at radius 3 is 2.89 bits per heavy atom. The van der Waals surface area contributed by atoms with E-state index in [-0.39, 0.29) is 0 Å². The zero-order valence-corrected chi connectivity index (χ0v) is 11.8. The van der Waals surface area contributed by atoms with Gasteiger partial charge < -0.3 is 4.74 Å². The minimum atomic E-state index is 0.559. The molecule has 3 heteroatoms. The third-order valence-corrected chi connectivity index (χ3v) is 5.14. The SMILES string of the molecule is CCC1CN2CCCC2CN1CCC1CCCO1. The van der Waals surface area contributed by atoms with E-state index in [2.05, 4.69) is 16.7 Å². The lowest BCUT2D eigenvalue weighted by molar-refractivity contribution is 0.0313. The van der Waals surface area contributed by atoms with Crippen LogP contribution in [0.15, 0.2) is 0 Å². The highest BCUT2D eigenvalue weighted by molar-refractivity contribution is 4.91. The summed E-state index contributed by atoms with van der Waals surface area (Å²) in [5, 5.41) is 0. The van der Waals surface area contributed by atoms with Gasteiger partial charge in [0.1, 0.15) is 0 Å². The molecule has 0 aromatic heterocycles. The van der Waals surface area contributed by atoms with Crippen molar-refractivity contribution in [1.29, 1.82) is 0 Å². The van der Waals surface area contributed by atoms with Crippen molar-refractivity contribution in [3.05, 3.63) is 0 Å². The first-order chi connectivity index (χ1) is 8.86. The van der Waals surface area contributed by atoms with Crippen LogP contribution in [0.25, 0.3) is 0 Å². The van der Waals surface area contributed by atoms with Crippen LogP contribution in [0, 0.1) is 0 Å². The van der Waals surface area contributed by atoms with Crippen molar-refractivity contribution in [1.82, 2.24) is 9.80 Å². The molecule has 0 aromatic rings. The highest BCUT2D eigenvalue weighted by Gasteiger charge is 2.35. The number of piperazine rings is 1. The number of nitrogens with zero attached hydrogens (tertiary/aromatic N) is 2. The molecule has 0 spiro atoms. The van der Waals surface area contributed by atoms with E-state index in [0.717, 1.165) is 18.7 Å². The summed E-state index contributed by atoms with van der Waals surface area (Å²) in [6.45, 7) is 8.57. The van der Waals surface area contributed by atoms with Gasteiger partial charge in [-0.3, -0.25) is 9.80 Å². The van der Waals surface area contributed by atoms with Gasteiger partial charge in [-0.1, -0.05) is 6.92 Å². The fraction of sp³-hybridized carbons (Fsp3) is 1.00.